The first-order valence-electron chi connectivity index (χ1n) is 20.7. The SMILES string of the molecule is CC[C@@H](C(=O)[C@@H](C)[C@H](O)[C@H](C)[C@@H]1O[C@@H]([C@@H](CC)C(=O)O)CC[C@@H]1C)[C@H]1O[C@@]2(C=C[C@@H](O)[C@]3(CC[C@@](C)([C@H]4CC[C@](O)(CC)[C@H](C)O4)O3)O2)[C@H](C)C[C@@H]1C. The molecule has 5 heterocycles. The Kier molecular flexibility index (Phi) is 13.0. The summed E-state index contributed by atoms with van der Waals surface area (Å²) in [6.07, 6.45) is 5.51. The fraction of sp³-hybridized carbons (Fsp3) is 0.905. The number of rotatable bonds is 12. The molecule has 0 radical (unpaired) electrons. The number of carboxylic acids is 1. The van der Waals surface area contributed by atoms with Crippen LogP contribution in [0.4, 0.5) is 0 Å². The van der Waals surface area contributed by atoms with Crippen molar-refractivity contribution < 1.29 is 53.7 Å². The second-order valence-corrected chi connectivity index (χ2v) is 17.9. The van der Waals surface area contributed by atoms with Crippen LogP contribution in [0, 0.1) is 41.4 Å². The van der Waals surface area contributed by atoms with Gasteiger partial charge in [-0.05, 0) is 95.6 Å². The number of Topliss-reactive ketones (excluding diaryl/α,β-unsaturated/α-hetero) is 1. The van der Waals surface area contributed by atoms with Gasteiger partial charge in [0.15, 0.2) is 5.79 Å². The van der Waals surface area contributed by atoms with Gasteiger partial charge in [0.1, 0.15) is 11.9 Å². The Balaban J connectivity index is 1.31. The number of carboxylic acid groups (broad SMARTS) is 1. The predicted molar refractivity (Wildman–Crippen MR) is 199 cm³/mol. The number of hydrogen-bond acceptors (Lipinski definition) is 10. The van der Waals surface area contributed by atoms with E-state index in [4.69, 9.17) is 23.7 Å². The topological polar surface area (TPSA) is 161 Å². The molecule has 0 unspecified atom stereocenters. The van der Waals surface area contributed by atoms with Gasteiger partial charge >= 0.3 is 5.97 Å². The maximum absolute atomic E-state index is 14.4. The molecule has 4 saturated heterocycles. The monoisotopic (exact) mass is 750 g/mol. The van der Waals surface area contributed by atoms with Crippen molar-refractivity contribution in [1.29, 1.82) is 0 Å². The third-order valence-corrected chi connectivity index (χ3v) is 14.4. The van der Waals surface area contributed by atoms with Gasteiger partial charge in [0.05, 0.1) is 53.7 Å². The zero-order chi connectivity index (χ0) is 39.3. The van der Waals surface area contributed by atoms with Crippen molar-refractivity contribution in [2.24, 2.45) is 41.4 Å². The molecule has 5 rings (SSSR count). The zero-order valence-electron chi connectivity index (χ0n) is 34.0. The molecule has 18 atom stereocenters. The summed E-state index contributed by atoms with van der Waals surface area (Å²) < 4.78 is 33.5. The molecule has 4 N–H and O–H groups in total. The van der Waals surface area contributed by atoms with E-state index in [-0.39, 0.29) is 41.8 Å². The van der Waals surface area contributed by atoms with E-state index in [0.717, 1.165) is 6.42 Å². The minimum atomic E-state index is -1.37. The van der Waals surface area contributed by atoms with Crippen LogP contribution in [0.5, 0.6) is 0 Å². The van der Waals surface area contributed by atoms with E-state index < -0.39 is 76.8 Å². The van der Waals surface area contributed by atoms with Gasteiger partial charge in [0.25, 0.3) is 0 Å². The molecular formula is C42H70O11. The number of aliphatic carboxylic acids is 1. The fourth-order valence-electron chi connectivity index (χ4n) is 10.5. The Morgan fingerprint density at radius 3 is 2.17 bits per heavy atom. The zero-order valence-corrected chi connectivity index (χ0v) is 34.0. The number of carbonyl (C=O) groups excluding carboxylic acids is 1. The average Bonchev–Trinajstić information content (AvgIpc) is 3.47. The van der Waals surface area contributed by atoms with E-state index in [1.807, 2.05) is 41.5 Å². The number of ether oxygens (including phenoxy) is 5. The molecule has 0 saturated carbocycles. The second-order valence-electron chi connectivity index (χ2n) is 17.9. The van der Waals surface area contributed by atoms with Crippen molar-refractivity contribution in [2.75, 3.05) is 0 Å². The summed E-state index contributed by atoms with van der Waals surface area (Å²) >= 11 is 0. The largest absolute Gasteiger partial charge is 0.481 e. The molecule has 0 aromatic rings. The molecule has 0 aromatic heterocycles. The Labute approximate surface area is 317 Å². The lowest BCUT2D eigenvalue weighted by Crippen LogP contribution is -2.63. The summed E-state index contributed by atoms with van der Waals surface area (Å²) in [7, 11) is 0. The summed E-state index contributed by atoms with van der Waals surface area (Å²) in [5, 5.41) is 44.0. The van der Waals surface area contributed by atoms with Crippen molar-refractivity contribution in [3.05, 3.63) is 12.2 Å². The number of aliphatic hydroxyl groups excluding tert-OH is 2. The first-order chi connectivity index (χ1) is 24.8. The van der Waals surface area contributed by atoms with Crippen molar-refractivity contribution in [3.8, 4) is 0 Å². The van der Waals surface area contributed by atoms with Crippen molar-refractivity contribution in [2.45, 2.75) is 199 Å². The number of hydrogen-bond donors (Lipinski definition) is 4. The highest BCUT2D eigenvalue weighted by molar-refractivity contribution is 5.84. The van der Waals surface area contributed by atoms with Gasteiger partial charge < -0.3 is 44.1 Å². The number of carbonyl (C=O) groups is 2. The van der Waals surface area contributed by atoms with Crippen LogP contribution in [-0.4, -0.2) is 97.7 Å². The summed E-state index contributed by atoms with van der Waals surface area (Å²) in [6.45, 7) is 19.6. The Morgan fingerprint density at radius 2 is 1.57 bits per heavy atom. The summed E-state index contributed by atoms with van der Waals surface area (Å²) in [5.74, 6) is -5.78. The van der Waals surface area contributed by atoms with Crippen LogP contribution in [0.15, 0.2) is 12.2 Å². The first-order valence-corrected chi connectivity index (χ1v) is 20.7. The maximum Gasteiger partial charge on any atom is 0.309 e. The molecule has 5 aliphatic rings. The molecule has 5 aliphatic heterocycles. The third kappa shape index (κ3) is 7.94. The summed E-state index contributed by atoms with van der Waals surface area (Å²) in [4.78, 5) is 26.4. The second kappa shape index (κ2) is 16.2. The third-order valence-electron chi connectivity index (χ3n) is 14.4. The fourth-order valence-corrected chi connectivity index (χ4v) is 10.5. The normalized spacial score (nSPS) is 46.2. The molecule has 11 nitrogen and oxygen atoms in total. The Hall–Kier alpha value is -1.44. The molecule has 0 aromatic carbocycles. The number of aliphatic hydroxyl groups is 3. The molecule has 0 amide bonds. The van der Waals surface area contributed by atoms with Gasteiger partial charge in [-0.15, -0.1) is 0 Å². The van der Waals surface area contributed by atoms with Gasteiger partial charge in [-0.25, -0.2) is 0 Å². The maximum atomic E-state index is 14.4. The lowest BCUT2D eigenvalue weighted by molar-refractivity contribution is -0.409. The van der Waals surface area contributed by atoms with Gasteiger partial charge in [-0.2, -0.15) is 0 Å². The van der Waals surface area contributed by atoms with Crippen LogP contribution in [-0.2, 0) is 33.3 Å². The van der Waals surface area contributed by atoms with Crippen molar-refractivity contribution in [3.63, 3.8) is 0 Å². The van der Waals surface area contributed by atoms with Crippen LogP contribution in [0.25, 0.3) is 0 Å². The van der Waals surface area contributed by atoms with Crippen LogP contribution in [0.3, 0.4) is 0 Å². The lowest BCUT2D eigenvalue weighted by atomic mass is 9.72. The first kappa shape index (κ1) is 42.7. The van der Waals surface area contributed by atoms with Gasteiger partial charge in [-0.1, -0.05) is 55.4 Å². The summed E-state index contributed by atoms with van der Waals surface area (Å²) in [6, 6.07) is 0. The van der Waals surface area contributed by atoms with Crippen molar-refractivity contribution in [1.82, 2.24) is 0 Å². The molecule has 304 valence electrons. The molecule has 0 aliphatic carbocycles. The molecule has 11 heteroatoms. The molecule has 4 fully saturated rings. The van der Waals surface area contributed by atoms with E-state index in [1.54, 1.807) is 19.1 Å². The van der Waals surface area contributed by atoms with E-state index in [2.05, 4.69) is 20.8 Å². The highest BCUT2D eigenvalue weighted by atomic mass is 16.8. The predicted octanol–water partition coefficient (Wildman–Crippen LogP) is 6.19. The van der Waals surface area contributed by atoms with Gasteiger partial charge in [-0.3, -0.25) is 9.59 Å². The van der Waals surface area contributed by atoms with E-state index in [9.17, 15) is 30.0 Å². The molecule has 0 bridgehead atoms. The smallest absolute Gasteiger partial charge is 0.309 e. The van der Waals surface area contributed by atoms with E-state index in [1.165, 1.54) is 0 Å². The average molecular weight is 751 g/mol. The number of ketones is 1. The van der Waals surface area contributed by atoms with Gasteiger partial charge in [0, 0.05) is 30.1 Å². The molecular weight excluding hydrogens is 680 g/mol. The quantitative estimate of drug-likeness (QED) is 0.169. The summed E-state index contributed by atoms with van der Waals surface area (Å²) in [5.41, 5.74) is -1.63. The Morgan fingerprint density at radius 1 is 0.887 bits per heavy atom. The highest BCUT2D eigenvalue weighted by Crippen LogP contribution is 2.54. The van der Waals surface area contributed by atoms with E-state index in [0.29, 0.717) is 57.8 Å². The van der Waals surface area contributed by atoms with Crippen LogP contribution in [0.1, 0.15) is 133 Å². The van der Waals surface area contributed by atoms with Crippen LogP contribution < -0.4 is 0 Å². The Bertz CT molecular complexity index is 1320. The van der Waals surface area contributed by atoms with E-state index >= 15 is 0 Å². The standard InChI is InChI=1S/C42H70O11/c1-11-29(38(46)47)31-15-14-23(4)36(50-31)27(8)34(44)26(7)35(45)30(12-2)37-24(5)22-25(6)41(51-37)19-16-32(43)42(53-41)21-20-39(10,52-42)33-17-18-40(48,13-3)28(9)49-33/h16,19,23-34,36-37,43-44,48H,11-15,17-18,20-22H2,1-10H3,(H,46,47)/t23-,24-,25+,26-,27-,28-,29+,30-,31+,32+,33+,34-,36+,37-,39-,40+,41+,42-/m0/s1. The highest BCUT2D eigenvalue weighted by Gasteiger charge is 2.63. The minimum Gasteiger partial charge on any atom is -0.481 e. The molecule has 2 spiro atoms. The van der Waals surface area contributed by atoms with Crippen LogP contribution in [0.2, 0.25) is 0 Å². The van der Waals surface area contributed by atoms with Crippen molar-refractivity contribution >= 4 is 11.8 Å². The lowest BCUT2D eigenvalue weighted by Gasteiger charge is -2.54. The van der Waals surface area contributed by atoms with Gasteiger partial charge in [0.2, 0.25) is 5.79 Å². The van der Waals surface area contributed by atoms with Crippen LogP contribution >= 0.6 is 0 Å². The molecule has 53 heavy (non-hydrogen) atoms. The minimum absolute atomic E-state index is 0.0137.